The van der Waals surface area contributed by atoms with Crippen LogP contribution >= 0.6 is 0 Å². The number of nitrogens with zero attached hydrogens (tertiary/aromatic N) is 2. The van der Waals surface area contributed by atoms with Gasteiger partial charge in [-0.05, 0) is 28.2 Å². The van der Waals surface area contributed by atoms with Crippen molar-refractivity contribution < 1.29 is 24.2 Å². The lowest BCUT2D eigenvalue weighted by molar-refractivity contribution is -0.137. The van der Waals surface area contributed by atoms with Crippen LogP contribution in [0.25, 0.3) is 11.1 Å². The van der Waals surface area contributed by atoms with Crippen LogP contribution in [0.5, 0.6) is 0 Å². The van der Waals surface area contributed by atoms with Gasteiger partial charge in [0.2, 0.25) is 0 Å². The van der Waals surface area contributed by atoms with Crippen molar-refractivity contribution in [1.82, 2.24) is 15.1 Å². The van der Waals surface area contributed by atoms with E-state index in [2.05, 4.69) is 27.9 Å². The monoisotopic (exact) mass is 476 g/mol. The summed E-state index contributed by atoms with van der Waals surface area (Å²) < 4.78 is 6.91. The fourth-order valence-electron chi connectivity index (χ4n) is 4.32. The molecule has 1 aliphatic carbocycles. The highest BCUT2D eigenvalue weighted by molar-refractivity contribution is 5.94. The molecule has 0 fully saturated rings. The number of nitrogens with one attached hydrogen (secondary N) is 2. The molecule has 1 heterocycles. The summed E-state index contributed by atoms with van der Waals surface area (Å²) in [6, 6.07) is 17.0. The summed E-state index contributed by atoms with van der Waals surface area (Å²) in [5.74, 6) is -1.36. The van der Waals surface area contributed by atoms with E-state index in [0.717, 1.165) is 22.3 Å². The van der Waals surface area contributed by atoms with Crippen LogP contribution in [0.1, 0.15) is 47.8 Å². The Morgan fingerprint density at radius 2 is 1.66 bits per heavy atom. The molecule has 0 spiro atoms. The second kappa shape index (κ2) is 10.0. The van der Waals surface area contributed by atoms with Crippen molar-refractivity contribution in [3.63, 3.8) is 0 Å². The summed E-state index contributed by atoms with van der Waals surface area (Å²) in [5.41, 5.74) is 4.57. The normalized spacial score (nSPS) is 13.1. The molecular weight excluding hydrogens is 448 g/mol. The van der Waals surface area contributed by atoms with Crippen LogP contribution in [0, 0.1) is 5.92 Å². The number of carboxylic acid groups (broad SMARTS) is 1. The summed E-state index contributed by atoms with van der Waals surface area (Å²) in [5, 5.41) is 18.5. The molecule has 9 heteroatoms. The number of benzene rings is 2. The number of carbonyl (C=O) groups excluding carboxylic acids is 2. The quantitative estimate of drug-likeness (QED) is 0.452. The Labute approximate surface area is 203 Å². The number of fused-ring (bicyclic) bond motifs is 3. The van der Waals surface area contributed by atoms with Gasteiger partial charge in [-0.3, -0.25) is 19.6 Å². The predicted octanol–water partition coefficient (Wildman–Crippen LogP) is 4.01. The molecule has 4 rings (SSSR count). The molecule has 35 heavy (non-hydrogen) atoms. The van der Waals surface area contributed by atoms with Gasteiger partial charge in [-0.1, -0.05) is 62.4 Å². The van der Waals surface area contributed by atoms with Gasteiger partial charge in [0, 0.05) is 25.1 Å². The number of ether oxygens (including phenoxy) is 1. The number of aromatic nitrogens is 2. The minimum atomic E-state index is -0.998. The highest BCUT2D eigenvalue weighted by atomic mass is 16.5. The second-order valence-electron chi connectivity index (χ2n) is 8.91. The average Bonchev–Trinajstić information content (AvgIpc) is 3.34. The maximum absolute atomic E-state index is 12.6. The minimum Gasteiger partial charge on any atom is -0.481 e. The molecule has 182 valence electrons. The number of carbonyl (C=O) groups is 3. The number of aryl methyl sites for hydroxylation is 1. The Kier molecular flexibility index (Phi) is 6.86. The zero-order valence-corrected chi connectivity index (χ0v) is 19.8. The maximum Gasteiger partial charge on any atom is 0.412 e. The molecular formula is C26H28N4O5. The van der Waals surface area contributed by atoms with Crippen molar-refractivity contribution in [2.24, 2.45) is 13.0 Å². The number of anilines is 1. The van der Waals surface area contributed by atoms with E-state index in [0.29, 0.717) is 0 Å². The van der Waals surface area contributed by atoms with Crippen molar-refractivity contribution in [2.75, 3.05) is 11.9 Å². The van der Waals surface area contributed by atoms with Gasteiger partial charge < -0.3 is 15.2 Å². The fraction of sp³-hybridized carbons (Fsp3) is 0.308. The molecule has 0 radical (unpaired) electrons. The van der Waals surface area contributed by atoms with Crippen LogP contribution in [0.3, 0.4) is 0 Å². The first kappa shape index (κ1) is 24.0. The van der Waals surface area contributed by atoms with Gasteiger partial charge in [-0.15, -0.1) is 0 Å². The molecule has 0 saturated carbocycles. The number of hydrogen-bond donors (Lipinski definition) is 3. The molecule has 1 aliphatic rings. The third kappa shape index (κ3) is 5.18. The lowest BCUT2D eigenvalue weighted by atomic mass is 9.98. The third-order valence-electron chi connectivity index (χ3n) is 6.20. The molecule has 0 bridgehead atoms. The van der Waals surface area contributed by atoms with Gasteiger partial charge >= 0.3 is 12.1 Å². The van der Waals surface area contributed by atoms with Crippen molar-refractivity contribution in [3.05, 3.63) is 71.4 Å². The van der Waals surface area contributed by atoms with Gasteiger partial charge in [0.1, 0.15) is 12.4 Å². The van der Waals surface area contributed by atoms with E-state index in [4.69, 9.17) is 9.84 Å². The van der Waals surface area contributed by atoms with E-state index >= 15 is 0 Å². The molecule has 2 aromatic carbocycles. The van der Waals surface area contributed by atoms with E-state index in [-0.39, 0.29) is 36.4 Å². The Hall–Kier alpha value is -4.14. The summed E-state index contributed by atoms with van der Waals surface area (Å²) in [7, 11) is 1.59. The molecule has 3 N–H and O–H groups in total. The van der Waals surface area contributed by atoms with Crippen LogP contribution < -0.4 is 10.6 Å². The number of carboxylic acids is 1. The molecule has 1 atom stereocenters. The van der Waals surface area contributed by atoms with Gasteiger partial charge in [0.05, 0.1) is 6.42 Å². The zero-order valence-electron chi connectivity index (χ0n) is 19.8. The summed E-state index contributed by atoms with van der Waals surface area (Å²) in [6.45, 7) is 3.82. The Bertz CT molecular complexity index is 1220. The topological polar surface area (TPSA) is 123 Å². The summed E-state index contributed by atoms with van der Waals surface area (Å²) >= 11 is 0. The zero-order chi connectivity index (χ0) is 25.1. The Balaban J connectivity index is 1.40. The van der Waals surface area contributed by atoms with Crippen LogP contribution in [0.2, 0.25) is 0 Å². The SMILES string of the molecule is CC(C)[C@H](CC(=O)O)NC(=O)c1cc(NC(=O)OCC2c3ccccc3-c3ccccc32)n(C)n1. The largest absolute Gasteiger partial charge is 0.481 e. The Morgan fingerprint density at radius 1 is 1.06 bits per heavy atom. The van der Waals surface area contributed by atoms with Gasteiger partial charge in [0.25, 0.3) is 5.91 Å². The predicted molar refractivity (Wildman–Crippen MR) is 130 cm³/mol. The first-order chi connectivity index (χ1) is 16.7. The maximum atomic E-state index is 12.6. The highest BCUT2D eigenvalue weighted by Gasteiger charge is 2.29. The van der Waals surface area contributed by atoms with E-state index < -0.39 is 24.0 Å². The highest BCUT2D eigenvalue weighted by Crippen LogP contribution is 2.44. The van der Waals surface area contributed by atoms with Gasteiger partial charge in [-0.25, -0.2) is 4.79 Å². The summed E-state index contributed by atoms with van der Waals surface area (Å²) in [6.07, 6.45) is -0.853. The minimum absolute atomic E-state index is 0.0665. The molecule has 0 saturated heterocycles. The molecule has 3 aromatic rings. The standard InChI is InChI=1S/C26H28N4O5/c1-15(2)21(13-24(31)32)27-25(33)22-12-23(30(3)29-22)28-26(34)35-14-20-18-10-6-4-8-16(18)17-9-5-7-11-19(17)20/h4-12,15,20-21H,13-14H2,1-3H3,(H,27,33)(H,28,34)(H,31,32)/t21-/m0/s1. The second-order valence-corrected chi connectivity index (χ2v) is 8.91. The molecule has 0 aliphatic heterocycles. The van der Waals surface area contributed by atoms with E-state index in [9.17, 15) is 14.4 Å². The smallest absolute Gasteiger partial charge is 0.412 e. The van der Waals surface area contributed by atoms with Gasteiger partial charge in [0.15, 0.2) is 5.69 Å². The number of rotatable bonds is 8. The van der Waals surface area contributed by atoms with Gasteiger partial charge in [-0.2, -0.15) is 5.10 Å². The lowest BCUT2D eigenvalue weighted by Gasteiger charge is -2.19. The third-order valence-corrected chi connectivity index (χ3v) is 6.20. The number of amides is 2. The van der Waals surface area contributed by atoms with E-state index in [1.54, 1.807) is 7.05 Å². The van der Waals surface area contributed by atoms with Crippen molar-refractivity contribution in [3.8, 4) is 11.1 Å². The van der Waals surface area contributed by atoms with Crippen LogP contribution in [0.15, 0.2) is 54.6 Å². The first-order valence-electron chi connectivity index (χ1n) is 11.4. The Morgan fingerprint density at radius 3 is 2.23 bits per heavy atom. The van der Waals surface area contributed by atoms with Crippen LogP contribution in [0.4, 0.5) is 10.6 Å². The lowest BCUT2D eigenvalue weighted by Crippen LogP contribution is -2.40. The van der Waals surface area contributed by atoms with E-state index in [1.165, 1.54) is 10.7 Å². The summed E-state index contributed by atoms with van der Waals surface area (Å²) in [4.78, 5) is 36.2. The van der Waals surface area contributed by atoms with E-state index in [1.807, 2.05) is 50.2 Å². The fourth-order valence-corrected chi connectivity index (χ4v) is 4.32. The first-order valence-corrected chi connectivity index (χ1v) is 11.4. The molecule has 9 nitrogen and oxygen atoms in total. The van der Waals surface area contributed by atoms with Crippen molar-refractivity contribution in [1.29, 1.82) is 0 Å². The van der Waals surface area contributed by atoms with Crippen LogP contribution in [-0.4, -0.2) is 45.5 Å². The number of aliphatic carboxylic acids is 1. The average molecular weight is 477 g/mol. The molecule has 0 unspecified atom stereocenters. The number of hydrogen-bond acceptors (Lipinski definition) is 5. The molecule has 1 aromatic heterocycles. The van der Waals surface area contributed by atoms with Crippen LogP contribution in [-0.2, 0) is 16.6 Å². The van der Waals surface area contributed by atoms with Crippen molar-refractivity contribution in [2.45, 2.75) is 32.2 Å². The van der Waals surface area contributed by atoms with Crippen molar-refractivity contribution >= 4 is 23.8 Å². The molecule has 2 amide bonds.